The summed E-state index contributed by atoms with van der Waals surface area (Å²) in [5.41, 5.74) is 6.84. The van der Waals surface area contributed by atoms with Crippen molar-refractivity contribution in [3.8, 4) is 0 Å². The number of aliphatic imine (C=N–C) groups is 1. The topological polar surface area (TPSA) is 63.3 Å². The van der Waals surface area contributed by atoms with E-state index in [0.717, 1.165) is 17.1 Å². The van der Waals surface area contributed by atoms with Crippen molar-refractivity contribution in [2.75, 3.05) is 0 Å². The minimum absolute atomic E-state index is 0. The van der Waals surface area contributed by atoms with Crippen molar-refractivity contribution < 1.29 is 0 Å². The standard InChI is InChI=1S/C11H20N4S.HI/c1-5-7(2)14-11(12)13-6-10-8(3)15-9(4)16-10;/h7H,5-6H2,1-4H3,(H3,12,13,14);1H. The van der Waals surface area contributed by atoms with E-state index in [-0.39, 0.29) is 24.0 Å². The van der Waals surface area contributed by atoms with Crippen LogP contribution in [0.2, 0.25) is 0 Å². The summed E-state index contributed by atoms with van der Waals surface area (Å²) in [6.45, 7) is 8.83. The Balaban J connectivity index is 0.00000256. The second-order valence-corrected chi connectivity index (χ2v) is 5.18. The molecular formula is C11H21IN4S. The highest BCUT2D eigenvalue weighted by molar-refractivity contribution is 14.0. The maximum Gasteiger partial charge on any atom is 0.189 e. The van der Waals surface area contributed by atoms with Crippen LogP contribution < -0.4 is 11.1 Å². The number of nitrogens with zero attached hydrogens (tertiary/aromatic N) is 2. The summed E-state index contributed by atoms with van der Waals surface area (Å²) in [6.07, 6.45) is 1.04. The Morgan fingerprint density at radius 1 is 1.53 bits per heavy atom. The van der Waals surface area contributed by atoms with Crippen LogP contribution in [0.1, 0.15) is 35.8 Å². The lowest BCUT2D eigenvalue weighted by atomic mass is 10.3. The second kappa shape index (κ2) is 7.86. The first-order valence-corrected chi connectivity index (χ1v) is 6.34. The van der Waals surface area contributed by atoms with Crippen molar-refractivity contribution in [3.05, 3.63) is 15.6 Å². The summed E-state index contributed by atoms with van der Waals surface area (Å²) in [7, 11) is 0. The number of aromatic nitrogens is 1. The van der Waals surface area contributed by atoms with Crippen molar-refractivity contribution in [1.29, 1.82) is 0 Å². The molecule has 0 bridgehead atoms. The molecule has 98 valence electrons. The summed E-state index contributed by atoms with van der Waals surface area (Å²) in [6, 6.07) is 0.369. The second-order valence-electron chi connectivity index (χ2n) is 3.90. The van der Waals surface area contributed by atoms with Gasteiger partial charge in [-0.3, -0.25) is 0 Å². The van der Waals surface area contributed by atoms with Crippen LogP contribution in [0.5, 0.6) is 0 Å². The van der Waals surface area contributed by atoms with Crippen molar-refractivity contribution in [1.82, 2.24) is 10.3 Å². The Hall–Kier alpha value is -0.370. The number of thiazole rings is 1. The third-order valence-corrected chi connectivity index (χ3v) is 3.46. The highest BCUT2D eigenvalue weighted by Crippen LogP contribution is 2.17. The number of guanidine groups is 1. The molecule has 1 rings (SSSR count). The number of rotatable bonds is 4. The minimum Gasteiger partial charge on any atom is -0.370 e. The Labute approximate surface area is 124 Å². The quantitative estimate of drug-likeness (QED) is 0.488. The van der Waals surface area contributed by atoms with Crippen LogP contribution in [-0.2, 0) is 6.54 Å². The van der Waals surface area contributed by atoms with Crippen molar-refractivity contribution >= 4 is 41.3 Å². The molecule has 0 fully saturated rings. The molecule has 0 radical (unpaired) electrons. The lowest BCUT2D eigenvalue weighted by Crippen LogP contribution is -2.38. The number of aryl methyl sites for hydroxylation is 2. The Bertz CT molecular complexity index is 376. The SMILES string of the molecule is CCC(C)NC(N)=NCc1sc(C)nc1C.I. The molecule has 1 aromatic rings. The lowest BCUT2D eigenvalue weighted by molar-refractivity contribution is 0.636. The number of halogens is 1. The first kappa shape index (κ1) is 16.6. The van der Waals surface area contributed by atoms with Crippen LogP contribution in [0.15, 0.2) is 4.99 Å². The van der Waals surface area contributed by atoms with E-state index in [1.165, 1.54) is 4.88 Å². The van der Waals surface area contributed by atoms with Crippen molar-refractivity contribution in [2.24, 2.45) is 10.7 Å². The van der Waals surface area contributed by atoms with Gasteiger partial charge in [0.1, 0.15) is 0 Å². The highest BCUT2D eigenvalue weighted by atomic mass is 127. The zero-order valence-corrected chi connectivity index (χ0v) is 13.9. The van der Waals surface area contributed by atoms with E-state index in [0.29, 0.717) is 18.5 Å². The van der Waals surface area contributed by atoms with E-state index >= 15 is 0 Å². The monoisotopic (exact) mass is 368 g/mol. The zero-order chi connectivity index (χ0) is 12.1. The average Bonchev–Trinajstić information content (AvgIpc) is 2.54. The van der Waals surface area contributed by atoms with Crippen LogP contribution in [0.25, 0.3) is 0 Å². The molecule has 1 aromatic heterocycles. The molecule has 1 unspecified atom stereocenters. The number of hydrogen-bond acceptors (Lipinski definition) is 3. The summed E-state index contributed by atoms with van der Waals surface area (Å²) in [5, 5.41) is 4.22. The predicted octanol–water partition coefficient (Wildman–Crippen LogP) is 2.58. The largest absolute Gasteiger partial charge is 0.370 e. The fourth-order valence-electron chi connectivity index (χ4n) is 1.28. The minimum atomic E-state index is 0. The normalized spacial score (nSPS) is 13.1. The maximum absolute atomic E-state index is 5.78. The molecule has 0 saturated carbocycles. The van der Waals surface area contributed by atoms with Gasteiger partial charge in [-0.2, -0.15) is 0 Å². The van der Waals surface area contributed by atoms with Gasteiger partial charge in [-0.1, -0.05) is 6.92 Å². The van der Waals surface area contributed by atoms with Gasteiger partial charge >= 0.3 is 0 Å². The van der Waals surface area contributed by atoms with E-state index < -0.39 is 0 Å². The molecule has 0 spiro atoms. The van der Waals surface area contributed by atoms with E-state index in [9.17, 15) is 0 Å². The van der Waals surface area contributed by atoms with E-state index in [4.69, 9.17) is 5.73 Å². The molecule has 0 aliphatic heterocycles. The molecule has 1 atom stereocenters. The molecule has 0 aromatic carbocycles. The van der Waals surface area contributed by atoms with Gasteiger partial charge in [0, 0.05) is 10.9 Å². The molecule has 0 saturated heterocycles. The maximum atomic E-state index is 5.78. The third kappa shape index (κ3) is 5.67. The van der Waals surface area contributed by atoms with Crippen LogP contribution in [0.4, 0.5) is 0 Å². The molecule has 3 N–H and O–H groups in total. The van der Waals surface area contributed by atoms with Crippen LogP contribution in [-0.4, -0.2) is 17.0 Å². The van der Waals surface area contributed by atoms with Gasteiger partial charge in [-0.15, -0.1) is 35.3 Å². The predicted molar refractivity (Wildman–Crippen MR) is 85.2 cm³/mol. The van der Waals surface area contributed by atoms with Gasteiger partial charge in [0.25, 0.3) is 0 Å². The van der Waals surface area contributed by atoms with Crippen LogP contribution >= 0.6 is 35.3 Å². The Kier molecular flexibility index (Phi) is 7.69. The fraction of sp³-hybridized carbons (Fsp3) is 0.636. The summed E-state index contributed by atoms with van der Waals surface area (Å²) in [4.78, 5) is 9.85. The summed E-state index contributed by atoms with van der Waals surface area (Å²) < 4.78 is 0. The van der Waals surface area contributed by atoms with Gasteiger partial charge < -0.3 is 11.1 Å². The van der Waals surface area contributed by atoms with E-state index in [2.05, 4.69) is 29.1 Å². The van der Waals surface area contributed by atoms with E-state index in [1.807, 2.05) is 13.8 Å². The zero-order valence-electron chi connectivity index (χ0n) is 10.8. The summed E-state index contributed by atoms with van der Waals surface area (Å²) in [5.74, 6) is 0.514. The molecule has 6 heteroatoms. The molecule has 0 aliphatic carbocycles. The lowest BCUT2D eigenvalue weighted by Gasteiger charge is -2.11. The molecular weight excluding hydrogens is 347 g/mol. The molecule has 0 aliphatic rings. The van der Waals surface area contributed by atoms with Crippen molar-refractivity contribution in [2.45, 2.75) is 46.7 Å². The van der Waals surface area contributed by atoms with Gasteiger partial charge in [0.05, 0.1) is 17.2 Å². The molecule has 4 nitrogen and oxygen atoms in total. The number of nitrogens with one attached hydrogen (secondary N) is 1. The van der Waals surface area contributed by atoms with Gasteiger partial charge in [0.2, 0.25) is 0 Å². The number of hydrogen-bond donors (Lipinski definition) is 2. The molecule has 17 heavy (non-hydrogen) atoms. The first-order valence-electron chi connectivity index (χ1n) is 5.52. The Morgan fingerprint density at radius 2 is 2.18 bits per heavy atom. The first-order chi connectivity index (χ1) is 7.52. The summed E-state index contributed by atoms with van der Waals surface area (Å²) >= 11 is 1.68. The molecule has 0 amide bonds. The smallest absolute Gasteiger partial charge is 0.189 e. The van der Waals surface area contributed by atoms with Gasteiger partial charge in [-0.25, -0.2) is 9.98 Å². The van der Waals surface area contributed by atoms with Crippen LogP contribution in [0.3, 0.4) is 0 Å². The molecule has 1 heterocycles. The van der Waals surface area contributed by atoms with Gasteiger partial charge in [0.15, 0.2) is 5.96 Å². The Morgan fingerprint density at radius 3 is 2.65 bits per heavy atom. The van der Waals surface area contributed by atoms with E-state index in [1.54, 1.807) is 11.3 Å². The number of nitrogens with two attached hydrogens (primary N) is 1. The van der Waals surface area contributed by atoms with Crippen molar-refractivity contribution in [3.63, 3.8) is 0 Å². The average molecular weight is 368 g/mol. The fourth-order valence-corrected chi connectivity index (χ4v) is 2.14. The van der Waals surface area contributed by atoms with Crippen LogP contribution in [0, 0.1) is 13.8 Å². The highest BCUT2D eigenvalue weighted by Gasteiger charge is 2.04. The van der Waals surface area contributed by atoms with Gasteiger partial charge in [-0.05, 0) is 27.2 Å². The third-order valence-electron chi connectivity index (χ3n) is 2.40.